The first-order chi connectivity index (χ1) is 15.3. The minimum absolute atomic E-state index is 0.164. The van der Waals surface area contributed by atoms with Gasteiger partial charge in [-0.15, -0.1) is 0 Å². The van der Waals surface area contributed by atoms with E-state index in [0.29, 0.717) is 23.6 Å². The van der Waals surface area contributed by atoms with Crippen LogP contribution in [0.4, 0.5) is 5.69 Å². The monoisotopic (exact) mass is 475 g/mol. The highest BCUT2D eigenvalue weighted by Crippen LogP contribution is 2.23. The van der Waals surface area contributed by atoms with Gasteiger partial charge in [-0.2, -0.15) is 4.31 Å². The quantitative estimate of drug-likeness (QED) is 0.641. The molecule has 2 N–H and O–H groups in total. The second-order valence-corrected chi connectivity index (χ2v) is 9.84. The fraction of sp³-hybridized carbons (Fsp3) is 0.304. The Bertz CT molecular complexity index is 1100. The summed E-state index contributed by atoms with van der Waals surface area (Å²) in [5.41, 5.74) is 2.15. The Morgan fingerprint density at radius 1 is 1.09 bits per heavy atom. The van der Waals surface area contributed by atoms with Crippen LogP contribution in [-0.4, -0.2) is 44.2 Å². The summed E-state index contributed by atoms with van der Waals surface area (Å²) in [6.45, 7) is 2.15. The fourth-order valence-corrected chi connectivity index (χ4v) is 4.83. The molecule has 3 rings (SSSR count). The van der Waals surface area contributed by atoms with Crippen LogP contribution in [0.15, 0.2) is 53.9 Å². The third-order valence-electron chi connectivity index (χ3n) is 5.38. The Labute approximate surface area is 193 Å². The fourth-order valence-electron chi connectivity index (χ4n) is 3.44. The van der Waals surface area contributed by atoms with Crippen molar-refractivity contribution < 1.29 is 18.0 Å². The lowest BCUT2D eigenvalue weighted by Gasteiger charge is -2.29. The highest BCUT2D eigenvalue weighted by atomic mass is 35.5. The molecule has 0 aliphatic carbocycles. The van der Waals surface area contributed by atoms with Crippen LogP contribution in [0.2, 0.25) is 5.02 Å². The van der Waals surface area contributed by atoms with Gasteiger partial charge in [0.1, 0.15) is 0 Å². The van der Waals surface area contributed by atoms with Gasteiger partial charge in [0.2, 0.25) is 21.8 Å². The van der Waals surface area contributed by atoms with Crippen LogP contribution < -0.4 is 10.6 Å². The average molecular weight is 476 g/mol. The molecule has 2 amide bonds. The summed E-state index contributed by atoms with van der Waals surface area (Å²) in [7, 11) is -3.55. The van der Waals surface area contributed by atoms with Gasteiger partial charge in [-0.3, -0.25) is 9.59 Å². The zero-order valence-corrected chi connectivity index (χ0v) is 19.3. The molecular formula is C23H26ClN3O4S. The van der Waals surface area contributed by atoms with Crippen LogP contribution >= 0.6 is 11.6 Å². The lowest BCUT2D eigenvalue weighted by atomic mass is 9.97. The molecule has 0 spiro atoms. The van der Waals surface area contributed by atoms with E-state index in [-0.39, 0.29) is 37.4 Å². The maximum atomic E-state index is 12.6. The molecular weight excluding hydrogens is 450 g/mol. The Balaban J connectivity index is 1.46. The number of anilines is 1. The minimum atomic E-state index is -3.55. The molecule has 1 heterocycles. The summed E-state index contributed by atoms with van der Waals surface area (Å²) in [5, 5.41) is 7.12. The number of nitrogens with zero attached hydrogens (tertiary/aromatic N) is 1. The number of amides is 2. The van der Waals surface area contributed by atoms with Gasteiger partial charge in [-0.05, 0) is 49.1 Å². The summed E-state index contributed by atoms with van der Waals surface area (Å²) >= 11 is 6.05. The summed E-state index contributed by atoms with van der Waals surface area (Å²) in [6.07, 6.45) is 2.37. The number of carbonyl (C=O) groups excluding carboxylic acids is 2. The van der Waals surface area contributed by atoms with Crippen molar-refractivity contribution in [3.8, 4) is 0 Å². The molecule has 1 fully saturated rings. The molecule has 2 aromatic carbocycles. The Hall–Kier alpha value is -2.68. The van der Waals surface area contributed by atoms with Crippen LogP contribution in [0, 0.1) is 12.8 Å². The molecule has 0 atom stereocenters. The molecule has 0 aromatic heterocycles. The molecule has 9 heteroatoms. The summed E-state index contributed by atoms with van der Waals surface area (Å²) in [4.78, 5) is 24.6. The smallest absolute Gasteiger partial charge is 0.243 e. The van der Waals surface area contributed by atoms with Crippen LogP contribution in [0.3, 0.4) is 0 Å². The molecule has 170 valence electrons. The molecule has 32 heavy (non-hydrogen) atoms. The second-order valence-electron chi connectivity index (χ2n) is 7.61. The number of hydrogen-bond acceptors (Lipinski definition) is 4. The van der Waals surface area contributed by atoms with Crippen molar-refractivity contribution in [3.63, 3.8) is 0 Å². The van der Waals surface area contributed by atoms with Crippen molar-refractivity contribution in [1.82, 2.24) is 9.62 Å². The van der Waals surface area contributed by atoms with Crippen molar-refractivity contribution in [3.05, 3.63) is 70.1 Å². The average Bonchev–Trinajstić information content (AvgIpc) is 2.80. The normalized spacial score (nSPS) is 15.6. The highest BCUT2D eigenvalue weighted by molar-refractivity contribution is 7.92. The van der Waals surface area contributed by atoms with E-state index in [9.17, 15) is 18.0 Å². The van der Waals surface area contributed by atoms with Crippen molar-refractivity contribution in [1.29, 1.82) is 0 Å². The molecule has 1 aliphatic heterocycles. The van der Waals surface area contributed by atoms with E-state index in [1.54, 1.807) is 31.2 Å². The zero-order chi connectivity index (χ0) is 23.1. The lowest BCUT2D eigenvalue weighted by molar-refractivity contribution is -0.128. The van der Waals surface area contributed by atoms with E-state index in [1.807, 2.05) is 30.3 Å². The lowest BCUT2D eigenvalue weighted by Crippen LogP contribution is -2.43. The van der Waals surface area contributed by atoms with Crippen LogP contribution in [0.1, 0.15) is 24.0 Å². The maximum Gasteiger partial charge on any atom is 0.243 e. The largest absolute Gasteiger partial charge is 0.347 e. The van der Waals surface area contributed by atoms with Crippen molar-refractivity contribution in [2.75, 3.05) is 25.0 Å². The first-order valence-electron chi connectivity index (χ1n) is 10.3. The van der Waals surface area contributed by atoms with E-state index >= 15 is 0 Å². The Morgan fingerprint density at radius 2 is 1.78 bits per heavy atom. The van der Waals surface area contributed by atoms with Gasteiger partial charge in [-0.1, -0.05) is 48.0 Å². The molecule has 2 aromatic rings. The molecule has 1 aliphatic rings. The number of carbonyl (C=O) groups is 2. The van der Waals surface area contributed by atoms with Crippen LogP contribution in [0.5, 0.6) is 0 Å². The summed E-state index contributed by atoms with van der Waals surface area (Å²) in [5.74, 6) is -0.935. The minimum Gasteiger partial charge on any atom is -0.347 e. The molecule has 1 saturated heterocycles. The third kappa shape index (κ3) is 6.41. The number of benzene rings is 2. The van der Waals surface area contributed by atoms with Gasteiger partial charge < -0.3 is 10.6 Å². The molecule has 0 radical (unpaired) electrons. The first kappa shape index (κ1) is 24.0. The number of sulfonamides is 1. The first-order valence-corrected chi connectivity index (χ1v) is 12.2. The van der Waals surface area contributed by atoms with E-state index < -0.39 is 10.0 Å². The highest BCUT2D eigenvalue weighted by Gasteiger charge is 2.30. The number of rotatable bonds is 7. The number of nitrogens with one attached hydrogen (secondary N) is 2. The van der Waals surface area contributed by atoms with E-state index in [1.165, 1.54) is 9.71 Å². The summed E-state index contributed by atoms with van der Waals surface area (Å²) in [6, 6.07) is 14.4. The van der Waals surface area contributed by atoms with Gasteiger partial charge in [0.15, 0.2) is 0 Å². The van der Waals surface area contributed by atoms with E-state index in [4.69, 9.17) is 11.6 Å². The van der Waals surface area contributed by atoms with Gasteiger partial charge in [0.25, 0.3) is 0 Å². The van der Waals surface area contributed by atoms with Crippen LogP contribution in [0.25, 0.3) is 6.08 Å². The second kappa shape index (κ2) is 10.8. The van der Waals surface area contributed by atoms with E-state index in [0.717, 1.165) is 11.1 Å². The Kier molecular flexibility index (Phi) is 8.06. The SMILES string of the molecule is Cc1c(Cl)cccc1NC(=O)CNC(=O)C1CCN(S(=O)(=O)/C=C/c2ccccc2)CC1. The number of piperidine rings is 1. The standard InChI is InChI=1S/C23H26ClN3O4S/c1-17-20(24)8-5-9-21(17)26-22(28)16-25-23(29)19-10-13-27(14-11-19)32(30,31)15-12-18-6-3-2-4-7-18/h2-9,12,15,19H,10-11,13-14,16H2,1H3,(H,25,29)(H,26,28)/b15-12+. The molecule has 0 unspecified atom stereocenters. The van der Waals surface area contributed by atoms with Crippen molar-refractivity contribution in [2.45, 2.75) is 19.8 Å². The molecule has 7 nitrogen and oxygen atoms in total. The van der Waals surface area contributed by atoms with Gasteiger partial charge in [0.05, 0.1) is 6.54 Å². The van der Waals surface area contributed by atoms with Crippen molar-refractivity contribution in [2.24, 2.45) is 5.92 Å². The van der Waals surface area contributed by atoms with Gasteiger partial charge in [-0.25, -0.2) is 8.42 Å². The van der Waals surface area contributed by atoms with E-state index in [2.05, 4.69) is 10.6 Å². The topological polar surface area (TPSA) is 95.6 Å². The van der Waals surface area contributed by atoms with Gasteiger partial charge in [0, 0.05) is 35.1 Å². The van der Waals surface area contributed by atoms with Gasteiger partial charge >= 0.3 is 0 Å². The predicted molar refractivity (Wildman–Crippen MR) is 127 cm³/mol. The zero-order valence-electron chi connectivity index (χ0n) is 17.8. The molecule has 0 bridgehead atoms. The summed E-state index contributed by atoms with van der Waals surface area (Å²) < 4.78 is 26.5. The predicted octanol–water partition coefficient (Wildman–Crippen LogP) is 3.42. The van der Waals surface area contributed by atoms with Crippen molar-refractivity contribution >= 4 is 45.2 Å². The third-order valence-corrected chi connectivity index (χ3v) is 7.36. The maximum absolute atomic E-state index is 12.6. The number of halogens is 1. The Morgan fingerprint density at radius 3 is 2.47 bits per heavy atom. The number of hydrogen-bond donors (Lipinski definition) is 2. The molecule has 0 saturated carbocycles. The van der Waals surface area contributed by atoms with Crippen LogP contribution in [-0.2, 0) is 19.6 Å².